The molecule has 0 aliphatic carbocycles. The van der Waals surface area contributed by atoms with Gasteiger partial charge in [0.25, 0.3) is 0 Å². The minimum absolute atomic E-state index is 0.108. The number of rotatable bonds is 6. The zero-order valence-electron chi connectivity index (χ0n) is 8.36. The van der Waals surface area contributed by atoms with Crippen LogP contribution in [0.4, 0.5) is 26.3 Å². The van der Waals surface area contributed by atoms with E-state index in [0.717, 1.165) is 0 Å². The predicted octanol–water partition coefficient (Wildman–Crippen LogP) is 2.39. The van der Waals surface area contributed by atoms with Crippen LogP contribution in [0.2, 0.25) is 0 Å². The van der Waals surface area contributed by atoms with Gasteiger partial charge in [-0.3, -0.25) is 0 Å². The molecule has 0 aliphatic heterocycles. The molecule has 0 rings (SSSR count). The Bertz CT molecular complexity index is 225. The molecule has 16 heavy (non-hydrogen) atoms. The van der Waals surface area contributed by atoms with Gasteiger partial charge in [0.1, 0.15) is 0 Å². The van der Waals surface area contributed by atoms with Gasteiger partial charge in [-0.15, -0.1) is 0 Å². The lowest BCUT2D eigenvalue weighted by atomic mass is 10.0. The lowest BCUT2D eigenvalue weighted by molar-refractivity contribution is -0.421. The van der Waals surface area contributed by atoms with Crippen molar-refractivity contribution < 1.29 is 36.6 Å². The van der Waals surface area contributed by atoms with Crippen LogP contribution in [0.25, 0.3) is 0 Å². The molecule has 0 amide bonds. The summed E-state index contributed by atoms with van der Waals surface area (Å²) >= 11 is 0. The number of halogens is 6. The first-order chi connectivity index (χ1) is 6.98. The van der Waals surface area contributed by atoms with Gasteiger partial charge in [0.15, 0.2) is 6.17 Å². The first kappa shape index (κ1) is 15.5. The van der Waals surface area contributed by atoms with Crippen LogP contribution in [0.3, 0.4) is 0 Å². The van der Waals surface area contributed by atoms with Crippen LogP contribution in [-0.2, 0) is 0 Å². The summed E-state index contributed by atoms with van der Waals surface area (Å²) in [5.41, 5.74) is 0. The molecule has 0 heterocycles. The summed E-state index contributed by atoms with van der Waals surface area (Å²) in [5.74, 6) is -11.4. The van der Waals surface area contributed by atoms with Crippen molar-refractivity contribution in [1.29, 1.82) is 0 Å². The fourth-order valence-electron chi connectivity index (χ4n) is 0.973. The van der Waals surface area contributed by atoms with Gasteiger partial charge < -0.3 is 10.2 Å². The van der Waals surface area contributed by atoms with Crippen molar-refractivity contribution in [2.45, 2.75) is 50.2 Å². The molecule has 0 aromatic heterocycles. The summed E-state index contributed by atoms with van der Waals surface area (Å²) < 4.78 is 75.3. The van der Waals surface area contributed by atoms with Crippen LogP contribution in [-0.4, -0.2) is 34.3 Å². The normalized spacial score (nSPS) is 16.3. The Balaban J connectivity index is 4.89. The Labute approximate surface area is 87.9 Å². The first-order valence-electron chi connectivity index (χ1n) is 4.51. The number of aliphatic hydroxyl groups is 2. The van der Waals surface area contributed by atoms with Crippen molar-refractivity contribution >= 4 is 0 Å². The van der Waals surface area contributed by atoms with Crippen molar-refractivity contribution in [3.8, 4) is 0 Å². The van der Waals surface area contributed by atoms with E-state index in [2.05, 4.69) is 0 Å². The minimum Gasteiger partial charge on any atom is -0.335 e. The maximum Gasteiger partial charge on any atom is 0.396 e. The van der Waals surface area contributed by atoms with Gasteiger partial charge >= 0.3 is 17.9 Å². The lowest BCUT2D eigenvalue weighted by Gasteiger charge is -2.32. The van der Waals surface area contributed by atoms with Gasteiger partial charge in [0.05, 0.1) is 0 Å². The number of unbranched alkanes of at least 4 members (excludes halogenated alkanes) is 1. The zero-order chi connectivity index (χ0) is 13.2. The molecule has 1 unspecified atom stereocenters. The van der Waals surface area contributed by atoms with E-state index in [-0.39, 0.29) is 12.8 Å². The van der Waals surface area contributed by atoms with Gasteiger partial charge in [-0.25, -0.2) is 4.39 Å². The van der Waals surface area contributed by atoms with Gasteiger partial charge in [0.2, 0.25) is 0 Å². The van der Waals surface area contributed by atoms with Crippen LogP contribution in [0, 0.1) is 0 Å². The Morgan fingerprint density at radius 3 is 1.81 bits per heavy atom. The van der Waals surface area contributed by atoms with E-state index in [1.165, 1.54) is 6.92 Å². The highest BCUT2D eigenvalue weighted by atomic mass is 19.3. The molecule has 0 saturated heterocycles. The average molecular weight is 254 g/mol. The van der Waals surface area contributed by atoms with Crippen molar-refractivity contribution in [1.82, 2.24) is 0 Å². The summed E-state index contributed by atoms with van der Waals surface area (Å²) in [6.45, 7) is 1.51. The summed E-state index contributed by atoms with van der Waals surface area (Å²) in [5, 5.41) is 15.7. The molecule has 0 aromatic rings. The fraction of sp³-hybridized carbons (Fsp3) is 1.00. The van der Waals surface area contributed by atoms with E-state index in [4.69, 9.17) is 10.2 Å². The summed E-state index contributed by atoms with van der Waals surface area (Å²) in [6, 6.07) is -5.47. The molecule has 2 N–H and O–H groups in total. The predicted molar refractivity (Wildman–Crippen MR) is 42.6 cm³/mol. The molecule has 0 aliphatic rings. The first-order valence-corrected chi connectivity index (χ1v) is 4.51. The van der Waals surface area contributed by atoms with Gasteiger partial charge in [-0.1, -0.05) is 19.8 Å². The van der Waals surface area contributed by atoms with Gasteiger partial charge in [0, 0.05) is 0 Å². The second-order valence-electron chi connectivity index (χ2n) is 3.39. The van der Waals surface area contributed by atoms with Crippen LogP contribution in [0.5, 0.6) is 0 Å². The molecule has 0 aromatic carbocycles. The summed E-state index contributed by atoms with van der Waals surface area (Å²) in [6.07, 6.45) is -4.10. The van der Waals surface area contributed by atoms with E-state index >= 15 is 0 Å². The quantitative estimate of drug-likeness (QED) is 0.564. The van der Waals surface area contributed by atoms with Gasteiger partial charge in [-0.05, 0) is 6.42 Å². The van der Waals surface area contributed by atoms with Crippen molar-refractivity contribution in [2.75, 3.05) is 0 Å². The second kappa shape index (κ2) is 4.79. The monoisotopic (exact) mass is 254 g/mol. The molecule has 0 radical (unpaired) electrons. The maximum atomic E-state index is 12.8. The van der Waals surface area contributed by atoms with Gasteiger partial charge in [-0.2, -0.15) is 22.0 Å². The Morgan fingerprint density at radius 1 is 1.06 bits per heavy atom. The Kier molecular flexibility index (Phi) is 4.64. The smallest absolute Gasteiger partial charge is 0.335 e. The fourth-order valence-corrected chi connectivity index (χ4v) is 0.973. The third-order valence-corrected chi connectivity index (χ3v) is 2.02. The molecule has 98 valence electrons. The second-order valence-corrected chi connectivity index (χ2v) is 3.39. The van der Waals surface area contributed by atoms with E-state index in [0.29, 0.717) is 0 Å². The van der Waals surface area contributed by atoms with Crippen LogP contribution < -0.4 is 0 Å². The standard InChI is InChI=1S/C8H12F6O2/c1-2-3-4-5(9)6(10,11)7(12,13)8(14,15)16/h5,15-16H,2-4H2,1H3. The van der Waals surface area contributed by atoms with E-state index in [1.54, 1.807) is 0 Å². The van der Waals surface area contributed by atoms with E-state index in [1.807, 2.05) is 0 Å². The van der Waals surface area contributed by atoms with Crippen LogP contribution in [0.15, 0.2) is 0 Å². The minimum atomic E-state index is -5.91. The molecule has 8 heteroatoms. The maximum absolute atomic E-state index is 12.8. The van der Waals surface area contributed by atoms with Crippen molar-refractivity contribution in [2.24, 2.45) is 0 Å². The Morgan fingerprint density at radius 2 is 1.50 bits per heavy atom. The van der Waals surface area contributed by atoms with Crippen molar-refractivity contribution in [3.05, 3.63) is 0 Å². The molecule has 0 bridgehead atoms. The van der Waals surface area contributed by atoms with E-state index in [9.17, 15) is 26.3 Å². The average Bonchev–Trinajstić information content (AvgIpc) is 2.11. The number of hydrogen-bond donors (Lipinski definition) is 2. The summed E-state index contributed by atoms with van der Waals surface area (Å²) in [4.78, 5) is 0. The number of hydrogen-bond acceptors (Lipinski definition) is 2. The number of alkyl halides is 6. The highest BCUT2D eigenvalue weighted by molar-refractivity contribution is 4.95. The third-order valence-electron chi connectivity index (χ3n) is 2.02. The lowest BCUT2D eigenvalue weighted by Crippen LogP contribution is -2.60. The molecule has 0 fully saturated rings. The SMILES string of the molecule is CCCCC(F)C(F)(F)C(F)(F)C(O)(O)F. The summed E-state index contributed by atoms with van der Waals surface area (Å²) in [7, 11) is 0. The van der Waals surface area contributed by atoms with Crippen LogP contribution >= 0.6 is 0 Å². The largest absolute Gasteiger partial charge is 0.396 e. The zero-order valence-corrected chi connectivity index (χ0v) is 8.36. The third kappa shape index (κ3) is 2.79. The van der Waals surface area contributed by atoms with Crippen LogP contribution in [0.1, 0.15) is 26.2 Å². The highest BCUT2D eigenvalue weighted by Crippen LogP contribution is 2.46. The molecule has 1 atom stereocenters. The highest BCUT2D eigenvalue weighted by Gasteiger charge is 2.73. The topological polar surface area (TPSA) is 40.5 Å². The molecule has 0 saturated carbocycles. The van der Waals surface area contributed by atoms with Crippen molar-refractivity contribution in [3.63, 3.8) is 0 Å². The molecule has 0 spiro atoms. The molecular formula is C8H12F6O2. The Hall–Kier alpha value is -0.500. The molecular weight excluding hydrogens is 242 g/mol. The van der Waals surface area contributed by atoms with E-state index < -0.39 is 30.5 Å². The molecule has 2 nitrogen and oxygen atoms in total.